The fraction of sp³-hybridized carbons (Fsp3) is 0.571. The third kappa shape index (κ3) is 3.47. The zero-order chi connectivity index (χ0) is 12.1. The number of benzene rings is 1. The highest BCUT2D eigenvalue weighted by Gasteiger charge is 2.22. The highest BCUT2D eigenvalue weighted by Crippen LogP contribution is 2.38. The van der Waals surface area contributed by atoms with Crippen LogP contribution in [0.15, 0.2) is 29.2 Å². The van der Waals surface area contributed by atoms with Crippen LogP contribution in [-0.2, 0) is 11.2 Å². The number of methoxy groups -OCH3 is 1. The average molecular weight is 251 g/mol. The number of hydrogen-bond acceptors (Lipinski definition) is 3. The maximum absolute atomic E-state index is 5.20. The molecule has 2 rings (SSSR count). The second kappa shape index (κ2) is 6.43. The van der Waals surface area contributed by atoms with Gasteiger partial charge < -0.3 is 10.1 Å². The highest BCUT2D eigenvalue weighted by molar-refractivity contribution is 8.00. The molecule has 0 aromatic heterocycles. The molecule has 1 aliphatic heterocycles. The van der Waals surface area contributed by atoms with E-state index in [1.807, 2.05) is 18.8 Å². The maximum atomic E-state index is 5.20. The van der Waals surface area contributed by atoms with Gasteiger partial charge in [0.05, 0.1) is 6.61 Å². The first-order chi connectivity index (χ1) is 8.33. The molecule has 1 N–H and O–H groups in total. The number of hydrogen-bond donors (Lipinski definition) is 1. The van der Waals surface area contributed by atoms with Gasteiger partial charge in [-0.3, -0.25) is 0 Å². The van der Waals surface area contributed by atoms with Gasteiger partial charge >= 0.3 is 0 Å². The van der Waals surface area contributed by atoms with Crippen molar-refractivity contribution in [3.8, 4) is 0 Å². The Bertz CT molecular complexity index is 331. The molecular formula is C14H21NOS. The van der Waals surface area contributed by atoms with Crippen LogP contribution >= 0.6 is 11.8 Å². The number of likely N-dealkylation sites (N-methyl/N-ethyl adjacent to an activating group) is 1. The molecule has 0 amide bonds. The molecule has 1 aliphatic rings. The first kappa shape index (κ1) is 12.9. The van der Waals surface area contributed by atoms with Crippen molar-refractivity contribution in [3.05, 3.63) is 29.8 Å². The van der Waals surface area contributed by atoms with Crippen molar-refractivity contribution in [2.75, 3.05) is 20.8 Å². The monoisotopic (exact) mass is 251 g/mol. The zero-order valence-corrected chi connectivity index (χ0v) is 11.4. The van der Waals surface area contributed by atoms with Crippen LogP contribution in [0.2, 0.25) is 0 Å². The van der Waals surface area contributed by atoms with Crippen molar-refractivity contribution in [2.24, 2.45) is 0 Å². The Morgan fingerprint density at radius 2 is 2.29 bits per heavy atom. The molecule has 0 fully saturated rings. The molecule has 0 saturated heterocycles. The maximum Gasteiger partial charge on any atom is 0.0615 e. The van der Waals surface area contributed by atoms with Crippen LogP contribution in [0.4, 0.5) is 0 Å². The Morgan fingerprint density at radius 3 is 3.00 bits per heavy atom. The second-order valence-corrected chi connectivity index (χ2v) is 5.91. The van der Waals surface area contributed by atoms with Gasteiger partial charge in [0.2, 0.25) is 0 Å². The van der Waals surface area contributed by atoms with Gasteiger partial charge in [0.15, 0.2) is 0 Å². The summed E-state index contributed by atoms with van der Waals surface area (Å²) < 4.78 is 5.20. The van der Waals surface area contributed by atoms with E-state index >= 15 is 0 Å². The minimum Gasteiger partial charge on any atom is -0.383 e. The standard InChI is InChI=1S/C14H21NOS/c1-15-12(10-16-2)7-8-13-9-11-5-3-4-6-14(11)17-13/h3-6,12-13,15H,7-10H2,1-2H3. The van der Waals surface area contributed by atoms with Gasteiger partial charge in [-0.05, 0) is 37.9 Å². The van der Waals surface area contributed by atoms with E-state index in [0.717, 1.165) is 11.9 Å². The quantitative estimate of drug-likeness (QED) is 0.840. The van der Waals surface area contributed by atoms with Crippen LogP contribution in [0.5, 0.6) is 0 Å². The Labute approximate surface area is 108 Å². The van der Waals surface area contributed by atoms with Crippen LogP contribution in [0.3, 0.4) is 0 Å². The first-order valence-electron chi connectivity index (χ1n) is 6.24. The highest BCUT2D eigenvalue weighted by atomic mass is 32.2. The van der Waals surface area contributed by atoms with Crippen LogP contribution in [-0.4, -0.2) is 32.1 Å². The smallest absolute Gasteiger partial charge is 0.0615 e. The second-order valence-electron chi connectivity index (χ2n) is 4.57. The summed E-state index contributed by atoms with van der Waals surface area (Å²) in [6.07, 6.45) is 3.68. The van der Waals surface area contributed by atoms with E-state index in [1.54, 1.807) is 7.11 Å². The summed E-state index contributed by atoms with van der Waals surface area (Å²) in [6, 6.07) is 9.26. The van der Waals surface area contributed by atoms with Gasteiger partial charge in [-0.15, -0.1) is 11.8 Å². The van der Waals surface area contributed by atoms with Gasteiger partial charge in [-0.25, -0.2) is 0 Å². The lowest BCUT2D eigenvalue weighted by atomic mass is 10.0. The molecule has 1 aromatic rings. The topological polar surface area (TPSA) is 21.3 Å². The molecular weight excluding hydrogens is 230 g/mol. The van der Waals surface area contributed by atoms with Crippen molar-refractivity contribution in [1.82, 2.24) is 5.32 Å². The van der Waals surface area contributed by atoms with Crippen molar-refractivity contribution in [2.45, 2.75) is 35.4 Å². The number of nitrogens with one attached hydrogen (secondary N) is 1. The summed E-state index contributed by atoms with van der Waals surface area (Å²) in [5.74, 6) is 0. The normalized spacial score (nSPS) is 20.2. The molecule has 0 saturated carbocycles. The molecule has 1 aromatic carbocycles. The third-order valence-corrected chi connectivity index (χ3v) is 4.71. The predicted octanol–water partition coefficient (Wildman–Crippen LogP) is 2.72. The summed E-state index contributed by atoms with van der Waals surface area (Å²) in [5, 5.41) is 4.06. The van der Waals surface area contributed by atoms with Gasteiger partial charge in [0.25, 0.3) is 0 Å². The molecule has 2 unspecified atom stereocenters. The molecule has 3 heteroatoms. The van der Waals surface area contributed by atoms with Crippen LogP contribution < -0.4 is 5.32 Å². The average Bonchev–Trinajstić information content (AvgIpc) is 2.77. The zero-order valence-electron chi connectivity index (χ0n) is 10.6. The first-order valence-corrected chi connectivity index (χ1v) is 7.12. The van der Waals surface area contributed by atoms with E-state index in [2.05, 4.69) is 29.6 Å². The van der Waals surface area contributed by atoms with E-state index in [1.165, 1.54) is 29.7 Å². The number of thioether (sulfide) groups is 1. The lowest BCUT2D eigenvalue weighted by Gasteiger charge is -2.17. The van der Waals surface area contributed by atoms with Crippen LogP contribution in [0, 0.1) is 0 Å². The van der Waals surface area contributed by atoms with Crippen molar-refractivity contribution >= 4 is 11.8 Å². The molecule has 0 bridgehead atoms. The SMILES string of the molecule is CNC(CCC1Cc2ccccc2S1)COC. The number of rotatable bonds is 6. The predicted molar refractivity (Wildman–Crippen MR) is 73.7 cm³/mol. The van der Waals surface area contributed by atoms with E-state index in [4.69, 9.17) is 4.74 Å². The molecule has 2 atom stereocenters. The minimum atomic E-state index is 0.490. The summed E-state index contributed by atoms with van der Waals surface area (Å²) in [7, 11) is 3.78. The largest absolute Gasteiger partial charge is 0.383 e. The molecule has 17 heavy (non-hydrogen) atoms. The molecule has 0 spiro atoms. The Morgan fingerprint density at radius 1 is 1.47 bits per heavy atom. The lowest BCUT2D eigenvalue weighted by Crippen LogP contribution is -2.30. The number of fused-ring (bicyclic) bond motifs is 1. The van der Waals surface area contributed by atoms with Gasteiger partial charge in [-0.2, -0.15) is 0 Å². The molecule has 0 aliphatic carbocycles. The number of ether oxygens (including phenoxy) is 1. The summed E-state index contributed by atoms with van der Waals surface area (Å²) in [6.45, 7) is 0.806. The van der Waals surface area contributed by atoms with Crippen LogP contribution in [0.25, 0.3) is 0 Å². The van der Waals surface area contributed by atoms with Gasteiger partial charge in [0, 0.05) is 23.3 Å². The summed E-state index contributed by atoms with van der Waals surface area (Å²) >= 11 is 2.04. The van der Waals surface area contributed by atoms with E-state index < -0.39 is 0 Å². The minimum absolute atomic E-state index is 0.490. The van der Waals surface area contributed by atoms with Gasteiger partial charge in [-0.1, -0.05) is 18.2 Å². The summed E-state index contributed by atoms with van der Waals surface area (Å²) in [5.41, 5.74) is 1.52. The Balaban J connectivity index is 1.79. The van der Waals surface area contributed by atoms with Crippen molar-refractivity contribution in [3.63, 3.8) is 0 Å². The molecule has 94 valence electrons. The van der Waals surface area contributed by atoms with E-state index in [0.29, 0.717) is 6.04 Å². The third-order valence-electron chi connectivity index (χ3n) is 3.33. The Kier molecular flexibility index (Phi) is 4.89. The van der Waals surface area contributed by atoms with E-state index in [9.17, 15) is 0 Å². The lowest BCUT2D eigenvalue weighted by molar-refractivity contribution is 0.165. The molecule has 0 radical (unpaired) electrons. The van der Waals surface area contributed by atoms with E-state index in [-0.39, 0.29) is 0 Å². The van der Waals surface area contributed by atoms with Crippen LogP contribution in [0.1, 0.15) is 18.4 Å². The molecule has 1 heterocycles. The fourth-order valence-electron chi connectivity index (χ4n) is 2.31. The van der Waals surface area contributed by atoms with Crippen molar-refractivity contribution < 1.29 is 4.74 Å². The molecule has 2 nitrogen and oxygen atoms in total. The Hall–Kier alpha value is -0.510. The van der Waals surface area contributed by atoms with Gasteiger partial charge in [0.1, 0.15) is 0 Å². The summed E-state index contributed by atoms with van der Waals surface area (Å²) in [4.78, 5) is 1.48. The fourth-order valence-corrected chi connectivity index (χ4v) is 3.65. The van der Waals surface area contributed by atoms with Crippen molar-refractivity contribution in [1.29, 1.82) is 0 Å².